The fourth-order valence-electron chi connectivity index (χ4n) is 5.89. The first kappa shape index (κ1) is 17.2. The first-order valence-electron chi connectivity index (χ1n) is 9.20. The largest absolute Gasteiger partial charge is 0.393 e. The molecule has 3 aliphatic rings. The van der Waals surface area contributed by atoms with Gasteiger partial charge in [-0.15, -0.1) is 0 Å². The standard InChI is InChI=1S/C20H32O3/c1-11(2)17(22)13-10-14-12(18(13)23)6-7-15-19(3,4)16(21)8-9-20(14,15)5/h6,11,13-16,18,21,23H,7-10H2,1-5H3/t13-,14-,15-,16-,18-,20+/m1/s1. The van der Waals surface area contributed by atoms with Crippen LogP contribution in [0.5, 0.6) is 0 Å². The smallest absolute Gasteiger partial charge is 0.141 e. The topological polar surface area (TPSA) is 57.5 Å². The lowest BCUT2D eigenvalue weighted by atomic mass is 9.48. The molecule has 0 heterocycles. The maximum atomic E-state index is 12.5. The van der Waals surface area contributed by atoms with Crippen molar-refractivity contribution >= 4 is 5.78 Å². The van der Waals surface area contributed by atoms with E-state index in [2.05, 4.69) is 26.8 Å². The van der Waals surface area contributed by atoms with Gasteiger partial charge in [0.25, 0.3) is 0 Å². The Morgan fingerprint density at radius 2 is 1.91 bits per heavy atom. The molecule has 3 heteroatoms. The maximum absolute atomic E-state index is 12.5. The molecule has 3 nitrogen and oxygen atoms in total. The Kier molecular flexibility index (Phi) is 4.04. The number of aliphatic hydroxyl groups is 2. The van der Waals surface area contributed by atoms with Crippen molar-refractivity contribution in [3.8, 4) is 0 Å². The normalized spacial score (nSPS) is 45.4. The van der Waals surface area contributed by atoms with Crippen LogP contribution in [0.3, 0.4) is 0 Å². The Balaban J connectivity index is 1.95. The van der Waals surface area contributed by atoms with Gasteiger partial charge in [0, 0.05) is 11.8 Å². The maximum Gasteiger partial charge on any atom is 0.141 e. The molecule has 0 spiro atoms. The third-order valence-corrected chi connectivity index (χ3v) is 7.44. The van der Waals surface area contributed by atoms with Crippen molar-refractivity contribution in [2.24, 2.45) is 34.5 Å². The molecule has 0 bridgehead atoms. The Hall–Kier alpha value is -0.670. The predicted octanol–water partition coefficient (Wildman–Crippen LogP) is 3.34. The number of ketones is 1. The minimum absolute atomic E-state index is 0.0244. The molecule has 0 saturated heterocycles. The summed E-state index contributed by atoms with van der Waals surface area (Å²) < 4.78 is 0. The van der Waals surface area contributed by atoms with Crippen LogP contribution in [-0.4, -0.2) is 28.2 Å². The number of Topliss-reactive ketones (excluding diaryl/α,β-unsaturated/α-hetero) is 1. The highest BCUT2D eigenvalue weighted by Crippen LogP contribution is 2.63. The summed E-state index contributed by atoms with van der Waals surface area (Å²) in [5, 5.41) is 21.2. The third-order valence-electron chi connectivity index (χ3n) is 7.44. The summed E-state index contributed by atoms with van der Waals surface area (Å²) >= 11 is 0. The van der Waals surface area contributed by atoms with Gasteiger partial charge in [-0.1, -0.05) is 40.7 Å². The molecule has 0 aromatic carbocycles. The molecule has 0 aliphatic heterocycles. The summed E-state index contributed by atoms with van der Waals surface area (Å²) in [4.78, 5) is 12.5. The van der Waals surface area contributed by atoms with Crippen molar-refractivity contribution in [3.05, 3.63) is 11.6 Å². The Morgan fingerprint density at radius 1 is 1.26 bits per heavy atom. The summed E-state index contributed by atoms with van der Waals surface area (Å²) in [5.41, 5.74) is 1.08. The van der Waals surface area contributed by atoms with E-state index in [0.29, 0.717) is 5.92 Å². The van der Waals surface area contributed by atoms with Crippen LogP contribution in [-0.2, 0) is 4.79 Å². The number of hydrogen-bond donors (Lipinski definition) is 2. The van der Waals surface area contributed by atoms with E-state index in [9.17, 15) is 15.0 Å². The summed E-state index contributed by atoms with van der Waals surface area (Å²) in [6.45, 7) is 10.5. The highest BCUT2D eigenvalue weighted by atomic mass is 16.3. The molecule has 2 fully saturated rings. The lowest BCUT2D eigenvalue weighted by molar-refractivity contribution is -0.129. The zero-order valence-electron chi connectivity index (χ0n) is 15.2. The van der Waals surface area contributed by atoms with Gasteiger partial charge in [-0.3, -0.25) is 4.79 Å². The van der Waals surface area contributed by atoms with Gasteiger partial charge in [-0.05, 0) is 53.9 Å². The van der Waals surface area contributed by atoms with E-state index >= 15 is 0 Å². The summed E-state index contributed by atoms with van der Waals surface area (Å²) in [5.74, 6) is 0.631. The molecule has 0 aromatic heterocycles. The molecule has 23 heavy (non-hydrogen) atoms. The summed E-state index contributed by atoms with van der Waals surface area (Å²) in [6.07, 6.45) is 4.84. The van der Waals surface area contributed by atoms with Crippen LogP contribution in [0.1, 0.15) is 60.3 Å². The van der Waals surface area contributed by atoms with Gasteiger partial charge in [0.05, 0.1) is 12.2 Å². The number of allylic oxidation sites excluding steroid dienone is 1. The molecular weight excluding hydrogens is 288 g/mol. The van der Waals surface area contributed by atoms with E-state index in [1.165, 1.54) is 0 Å². The van der Waals surface area contributed by atoms with Crippen LogP contribution in [0.2, 0.25) is 0 Å². The van der Waals surface area contributed by atoms with Crippen molar-refractivity contribution in [1.82, 2.24) is 0 Å². The van der Waals surface area contributed by atoms with Crippen LogP contribution < -0.4 is 0 Å². The molecule has 0 amide bonds. The number of carbonyl (C=O) groups is 1. The molecule has 2 saturated carbocycles. The van der Waals surface area contributed by atoms with Crippen molar-refractivity contribution in [2.45, 2.75) is 72.5 Å². The van der Waals surface area contributed by atoms with E-state index in [0.717, 1.165) is 31.3 Å². The number of aliphatic hydroxyl groups excluding tert-OH is 2. The van der Waals surface area contributed by atoms with Crippen molar-refractivity contribution in [1.29, 1.82) is 0 Å². The molecule has 3 rings (SSSR count). The Morgan fingerprint density at radius 3 is 2.52 bits per heavy atom. The second-order valence-corrected chi connectivity index (χ2v) is 9.27. The lowest BCUT2D eigenvalue weighted by Crippen LogP contribution is -2.53. The van der Waals surface area contributed by atoms with Crippen LogP contribution in [0, 0.1) is 34.5 Å². The van der Waals surface area contributed by atoms with E-state index in [-0.39, 0.29) is 40.5 Å². The fraction of sp³-hybridized carbons (Fsp3) is 0.850. The van der Waals surface area contributed by atoms with E-state index in [4.69, 9.17) is 0 Å². The highest BCUT2D eigenvalue weighted by molar-refractivity contribution is 5.84. The van der Waals surface area contributed by atoms with Crippen molar-refractivity contribution in [2.75, 3.05) is 0 Å². The number of carbonyl (C=O) groups excluding carboxylic acids is 1. The van der Waals surface area contributed by atoms with Gasteiger partial charge in [-0.2, -0.15) is 0 Å². The van der Waals surface area contributed by atoms with Crippen LogP contribution in [0.4, 0.5) is 0 Å². The van der Waals surface area contributed by atoms with Crippen molar-refractivity contribution < 1.29 is 15.0 Å². The molecule has 0 aromatic rings. The highest BCUT2D eigenvalue weighted by Gasteiger charge is 2.59. The van der Waals surface area contributed by atoms with Crippen molar-refractivity contribution in [3.63, 3.8) is 0 Å². The average Bonchev–Trinajstić information content (AvgIpc) is 2.81. The molecule has 0 radical (unpaired) electrons. The SMILES string of the molecule is CC(C)C(=O)[C@H]1C[C@@H]2C(=CC[C@@H]3C(C)(C)[C@H](O)CC[C@@]23C)[C@H]1O. The van der Waals surface area contributed by atoms with Gasteiger partial charge in [-0.25, -0.2) is 0 Å². The molecule has 130 valence electrons. The molecular formula is C20H32O3. The number of rotatable bonds is 2. The fourth-order valence-corrected chi connectivity index (χ4v) is 5.89. The van der Waals surface area contributed by atoms with Crippen LogP contribution in [0.25, 0.3) is 0 Å². The van der Waals surface area contributed by atoms with E-state index < -0.39 is 6.10 Å². The Bertz CT molecular complexity index is 533. The summed E-state index contributed by atoms with van der Waals surface area (Å²) in [7, 11) is 0. The van der Waals surface area contributed by atoms with Crippen LogP contribution in [0.15, 0.2) is 11.6 Å². The monoisotopic (exact) mass is 320 g/mol. The zero-order valence-corrected chi connectivity index (χ0v) is 15.2. The van der Waals surface area contributed by atoms with Gasteiger partial charge >= 0.3 is 0 Å². The first-order valence-corrected chi connectivity index (χ1v) is 9.20. The second-order valence-electron chi connectivity index (χ2n) is 9.27. The second kappa shape index (κ2) is 5.42. The van der Waals surface area contributed by atoms with Gasteiger partial charge in [0.2, 0.25) is 0 Å². The minimum Gasteiger partial charge on any atom is -0.393 e. The van der Waals surface area contributed by atoms with Gasteiger partial charge < -0.3 is 10.2 Å². The number of fused-ring (bicyclic) bond motifs is 3. The molecule has 6 atom stereocenters. The zero-order chi connectivity index (χ0) is 17.2. The minimum atomic E-state index is -0.595. The molecule has 2 N–H and O–H groups in total. The predicted molar refractivity (Wildman–Crippen MR) is 90.8 cm³/mol. The van der Waals surface area contributed by atoms with Crippen LogP contribution >= 0.6 is 0 Å². The quantitative estimate of drug-likeness (QED) is 0.767. The van der Waals surface area contributed by atoms with E-state index in [1.54, 1.807) is 0 Å². The first-order chi connectivity index (χ1) is 10.6. The molecule has 0 unspecified atom stereocenters. The van der Waals surface area contributed by atoms with Gasteiger partial charge in [0.15, 0.2) is 0 Å². The number of hydrogen-bond acceptors (Lipinski definition) is 3. The van der Waals surface area contributed by atoms with Gasteiger partial charge in [0.1, 0.15) is 5.78 Å². The summed E-state index contributed by atoms with van der Waals surface area (Å²) in [6, 6.07) is 0. The Labute approximate surface area is 140 Å². The third kappa shape index (κ3) is 2.34. The average molecular weight is 320 g/mol. The lowest BCUT2D eigenvalue weighted by Gasteiger charge is -2.57. The van der Waals surface area contributed by atoms with E-state index in [1.807, 2.05) is 13.8 Å². The molecule has 3 aliphatic carbocycles.